The summed E-state index contributed by atoms with van der Waals surface area (Å²) < 4.78 is 0. The lowest BCUT2D eigenvalue weighted by Gasteiger charge is -2.17. The molecule has 1 rings (SSSR count). The van der Waals surface area contributed by atoms with E-state index in [9.17, 15) is 0 Å². The molecule has 0 radical (unpaired) electrons. The summed E-state index contributed by atoms with van der Waals surface area (Å²) in [5, 5.41) is 6.63. The average Bonchev–Trinajstić information content (AvgIpc) is 2.40. The summed E-state index contributed by atoms with van der Waals surface area (Å²) in [6.45, 7) is 10.3. The molecule has 0 aliphatic rings. The van der Waals surface area contributed by atoms with Crippen LogP contribution in [0.4, 0.5) is 0 Å². The third kappa shape index (κ3) is 7.12. The minimum Gasteiger partial charge on any atom is -0.357 e. The van der Waals surface area contributed by atoms with Gasteiger partial charge in [-0.05, 0) is 32.8 Å². The van der Waals surface area contributed by atoms with Crippen molar-refractivity contribution >= 4 is 29.9 Å². The van der Waals surface area contributed by atoms with Crippen molar-refractivity contribution in [3.8, 4) is 0 Å². The largest absolute Gasteiger partial charge is 0.357 e. The first-order valence-corrected chi connectivity index (χ1v) is 7.27. The molecule has 0 aromatic heterocycles. The number of halogens is 1. The Labute approximate surface area is 140 Å². The van der Waals surface area contributed by atoms with Crippen molar-refractivity contribution in [2.75, 3.05) is 13.1 Å². The van der Waals surface area contributed by atoms with E-state index in [1.54, 1.807) is 0 Å². The van der Waals surface area contributed by atoms with Gasteiger partial charge in [-0.15, -0.1) is 24.0 Å². The van der Waals surface area contributed by atoms with Crippen molar-refractivity contribution in [3.63, 3.8) is 0 Å². The van der Waals surface area contributed by atoms with Gasteiger partial charge in [0.2, 0.25) is 0 Å². The van der Waals surface area contributed by atoms with Crippen LogP contribution >= 0.6 is 24.0 Å². The van der Waals surface area contributed by atoms with Gasteiger partial charge in [0.05, 0.1) is 0 Å². The van der Waals surface area contributed by atoms with E-state index in [4.69, 9.17) is 4.99 Å². The van der Waals surface area contributed by atoms with Crippen LogP contribution in [0.1, 0.15) is 45.6 Å². The van der Waals surface area contributed by atoms with Crippen LogP contribution in [0.3, 0.4) is 0 Å². The molecule has 1 aromatic rings. The van der Waals surface area contributed by atoms with Gasteiger partial charge in [-0.2, -0.15) is 0 Å². The van der Waals surface area contributed by atoms with Crippen LogP contribution in [0.5, 0.6) is 0 Å². The molecule has 0 aliphatic heterocycles. The minimum absolute atomic E-state index is 0. The molecular weight excluding hydrogens is 361 g/mol. The molecule has 3 nitrogen and oxygen atoms in total. The van der Waals surface area contributed by atoms with Crippen molar-refractivity contribution in [3.05, 3.63) is 35.9 Å². The molecule has 1 aromatic carbocycles. The van der Waals surface area contributed by atoms with E-state index in [0.717, 1.165) is 25.5 Å². The number of aliphatic imine (C=N–C) groups is 1. The van der Waals surface area contributed by atoms with Crippen molar-refractivity contribution in [2.45, 2.75) is 46.1 Å². The molecule has 1 unspecified atom stereocenters. The van der Waals surface area contributed by atoms with Crippen molar-refractivity contribution < 1.29 is 0 Å². The second-order valence-corrected chi connectivity index (χ2v) is 5.03. The Balaban J connectivity index is 0.00000361. The standard InChI is InChI=1S/C16H27N3.HI/c1-5-14(15-10-8-7-9-11-15)12-18-16(17-6-2)19-13(3)4;/h7-11,13-14H,5-6,12H2,1-4H3,(H2,17,18,19);1H. The molecule has 20 heavy (non-hydrogen) atoms. The van der Waals surface area contributed by atoms with E-state index in [0.29, 0.717) is 12.0 Å². The summed E-state index contributed by atoms with van der Waals surface area (Å²) in [6.07, 6.45) is 1.11. The van der Waals surface area contributed by atoms with Crippen LogP contribution in [0.2, 0.25) is 0 Å². The molecule has 0 bridgehead atoms. The fourth-order valence-electron chi connectivity index (χ4n) is 1.99. The maximum Gasteiger partial charge on any atom is 0.191 e. The zero-order chi connectivity index (χ0) is 14.1. The molecule has 0 amide bonds. The SMILES string of the molecule is CCNC(=NCC(CC)c1ccccc1)NC(C)C.I. The number of rotatable bonds is 6. The monoisotopic (exact) mass is 389 g/mol. The van der Waals surface area contributed by atoms with E-state index >= 15 is 0 Å². The highest BCUT2D eigenvalue weighted by molar-refractivity contribution is 14.0. The maximum atomic E-state index is 4.70. The predicted octanol–water partition coefficient (Wildman–Crippen LogP) is 3.76. The van der Waals surface area contributed by atoms with Crippen molar-refractivity contribution in [1.82, 2.24) is 10.6 Å². The number of benzene rings is 1. The van der Waals surface area contributed by atoms with Crippen LogP contribution in [-0.4, -0.2) is 25.1 Å². The Morgan fingerprint density at radius 1 is 1.15 bits per heavy atom. The third-order valence-electron chi connectivity index (χ3n) is 3.00. The fraction of sp³-hybridized carbons (Fsp3) is 0.562. The summed E-state index contributed by atoms with van der Waals surface area (Å²) in [5.41, 5.74) is 1.37. The summed E-state index contributed by atoms with van der Waals surface area (Å²) in [5.74, 6) is 1.40. The summed E-state index contributed by atoms with van der Waals surface area (Å²) in [6, 6.07) is 11.0. The highest BCUT2D eigenvalue weighted by Gasteiger charge is 2.09. The van der Waals surface area contributed by atoms with Gasteiger partial charge >= 0.3 is 0 Å². The molecule has 2 N–H and O–H groups in total. The Kier molecular flexibility index (Phi) is 10.5. The van der Waals surface area contributed by atoms with Crippen molar-refractivity contribution in [1.29, 1.82) is 0 Å². The quantitative estimate of drug-likeness (QED) is 0.442. The van der Waals surface area contributed by atoms with Gasteiger partial charge in [-0.3, -0.25) is 4.99 Å². The molecular formula is C16H28IN3. The Hall–Kier alpha value is -0.780. The Morgan fingerprint density at radius 2 is 1.80 bits per heavy atom. The zero-order valence-corrected chi connectivity index (χ0v) is 15.3. The van der Waals surface area contributed by atoms with Gasteiger partial charge in [-0.1, -0.05) is 37.3 Å². The number of nitrogens with zero attached hydrogens (tertiary/aromatic N) is 1. The molecule has 4 heteroatoms. The van der Waals surface area contributed by atoms with E-state index in [1.807, 2.05) is 0 Å². The lowest BCUT2D eigenvalue weighted by Crippen LogP contribution is -2.41. The second kappa shape index (κ2) is 10.9. The van der Waals surface area contributed by atoms with Crippen LogP contribution in [0.25, 0.3) is 0 Å². The highest BCUT2D eigenvalue weighted by Crippen LogP contribution is 2.19. The first kappa shape index (κ1) is 19.2. The Bertz CT molecular complexity index is 377. The Morgan fingerprint density at radius 3 is 2.30 bits per heavy atom. The average molecular weight is 389 g/mol. The van der Waals surface area contributed by atoms with E-state index in [2.05, 4.69) is 68.7 Å². The van der Waals surface area contributed by atoms with E-state index in [-0.39, 0.29) is 24.0 Å². The van der Waals surface area contributed by atoms with Crippen molar-refractivity contribution in [2.24, 2.45) is 4.99 Å². The summed E-state index contributed by atoms with van der Waals surface area (Å²) in [4.78, 5) is 4.70. The van der Waals surface area contributed by atoms with Gasteiger partial charge in [0.25, 0.3) is 0 Å². The molecule has 0 spiro atoms. The minimum atomic E-state index is 0. The van der Waals surface area contributed by atoms with Gasteiger partial charge < -0.3 is 10.6 Å². The first-order chi connectivity index (χ1) is 9.17. The van der Waals surface area contributed by atoms with Crippen LogP contribution in [0.15, 0.2) is 35.3 Å². The topological polar surface area (TPSA) is 36.4 Å². The number of nitrogens with one attached hydrogen (secondary N) is 2. The second-order valence-electron chi connectivity index (χ2n) is 5.03. The normalized spacial score (nSPS) is 12.8. The van der Waals surface area contributed by atoms with Gasteiger partial charge in [0.1, 0.15) is 0 Å². The third-order valence-corrected chi connectivity index (χ3v) is 3.00. The molecule has 1 atom stereocenters. The number of hydrogen-bond donors (Lipinski definition) is 2. The lowest BCUT2D eigenvalue weighted by atomic mass is 9.97. The fourth-order valence-corrected chi connectivity index (χ4v) is 1.99. The van der Waals surface area contributed by atoms with Crippen LogP contribution < -0.4 is 10.6 Å². The van der Waals surface area contributed by atoms with Gasteiger partial charge in [0, 0.05) is 25.0 Å². The van der Waals surface area contributed by atoms with Gasteiger partial charge in [0.15, 0.2) is 5.96 Å². The summed E-state index contributed by atoms with van der Waals surface area (Å²) in [7, 11) is 0. The molecule has 0 aliphatic carbocycles. The maximum absolute atomic E-state index is 4.70. The van der Waals surface area contributed by atoms with Crippen LogP contribution in [0, 0.1) is 0 Å². The zero-order valence-electron chi connectivity index (χ0n) is 13.0. The van der Waals surface area contributed by atoms with Gasteiger partial charge in [-0.25, -0.2) is 0 Å². The van der Waals surface area contributed by atoms with E-state index in [1.165, 1.54) is 5.56 Å². The van der Waals surface area contributed by atoms with Crippen LogP contribution in [-0.2, 0) is 0 Å². The molecule has 0 fully saturated rings. The molecule has 0 heterocycles. The highest BCUT2D eigenvalue weighted by atomic mass is 127. The predicted molar refractivity (Wildman–Crippen MR) is 99.1 cm³/mol. The van der Waals surface area contributed by atoms with E-state index < -0.39 is 0 Å². The lowest BCUT2D eigenvalue weighted by molar-refractivity contribution is 0.655. The summed E-state index contributed by atoms with van der Waals surface area (Å²) >= 11 is 0. The smallest absolute Gasteiger partial charge is 0.191 e. The first-order valence-electron chi connectivity index (χ1n) is 7.27. The molecule has 114 valence electrons. The molecule has 0 saturated heterocycles. The number of guanidine groups is 1. The molecule has 0 saturated carbocycles. The number of hydrogen-bond acceptors (Lipinski definition) is 1.